The number of rotatable bonds is 9. The molecule has 0 radical (unpaired) electrons. The number of nitrogens with one attached hydrogen (secondary N) is 1. The van der Waals surface area contributed by atoms with Crippen molar-refractivity contribution in [3.8, 4) is 0 Å². The summed E-state index contributed by atoms with van der Waals surface area (Å²) in [6.07, 6.45) is 7.18. The van der Waals surface area contributed by atoms with Crippen LogP contribution in [0, 0.1) is 5.92 Å². The molecular formula is C14H36N4O6S2. The highest BCUT2D eigenvalue weighted by atomic mass is 32.2. The van der Waals surface area contributed by atoms with Crippen LogP contribution in [0.2, 0.25) is 0 Å². The third-order valence-corrected chi connectivity index (χ3v) is 2.42. The number of nitrogens with two attached hydrogens (primary N) is 2. The van der Waals surface area contributed by atoms with Gasteiger partial charge >= 0.3 is 0 Å². The molecule has 0 aromatic carbocycles. The number of hydrogen-bond donors (Lipinski definition) is 5. The minimum absolute atomic E-state index is 0.583. The second-order valence-electron chi connectivity index (χ2n) is 6.05. The van der Waals surface area contributed by atoms with E-state index in [1.54, 1.807) is 0 Å². The topological polar surface area (TPSA) is 185 Å². The van der Waals surface area contributed by atoms with Crippen LogP contribution in [0.25, 0.3) is 0 Å². The first-order valence-corrected chi connectivity index (χ1v) is 11.9. The molecule has 0 spiro atoms. The molecule has 0 aliphatic carbocycles. The predicted octanol–water partition coefficient (Wildman–Crippen LogP) is 0.464. The molecule has 0 saturated carbocycles. The first-order valence-electron chi connectivity index (χ1n) is 8.25. The molecule has 0 aliphatic rings. The lowest BCUT2D eigenvalue weighted by atomic mass is 10.1. The molecule has 0 aromatic rings. The molecule has 0 aliphatic heterocycles. The Labute approximate surface area is 158 Å². The van der Waals surface area contributed by atoms with Crippen LogP contribution in [0.3, 0.4) is 0 Å². The Hall–Kier alpha value is -0.950. The Balaban J connectivity index is -0.000000433. The van der Waals surface area contributed by atoms with Gasteiger partial charge in [0.05, 0.1) is 12.5 Å². The summed E-state index contributed by atoms with van der Waals surface area (Å²) in [5.41, 5.74) is 11.1. The van der Waals surface area contributed by atoms with Gasteiger partial charge in [-0.3, -0.25) is 14.1 Å². The molecule has 7 N–H and O–H groups in total. The number of hydrogen-bond acceptors (Lipinski definition) is 6. The van der Waals surface area contributed by atoms with Crippen molar-refractivity contribution in [1.29, 1.82) is 0 Å². The summed E-state index contributed by atoms with van der Waals surface area (Å²) < 4.78 is 51.7. The molecule has 0 saturated heterocycles. The van der Waals surface area contributed by atoms with Gasteiger partial charge < -0.3 is 16.8 Å². The van der Waals surface area contributed by atoms with Gasteiger partial charge in [0.2, 0.25) is 0 Å². The molecule has 0 atom stereocenters. The van der Waals surface area contributed by atoms with Crippen LogP contribution in [0.1, 0.15) is 46.0 Å². The third-order valence-electron chi connectivity index (χ3n) is 2.42. The molecule has 0 unspecified atom stereocenters. The number of unbranched alkanes of at least 4 members (excludes halogenated alkanes) is 3. The highest BCUT2D eigenvalue weighted by molar-refractivity contribution is 7.85. The van der Waals surface area contributed by atoms with Crippen molar-refractivity contribution in [2.24, 2.45) is 22.4 Å². The second kappa shape index (κ2) is 17.5. The SMILES string of the molecule is CC(C)CCNC(N)=NCCCCCCN.CS(=O)(=O)O.CS(=O)(=O)O. The van der Waals surface area contributed by atoms with Crippen molar-refractivity contribution in [3.63, 3.8) is 0 Å². The zero-order chi connectivity index (χ0) is 21.2. The van der Waals surface area contributed by atoms with Crippen molar-refractivity contribution in [1.82, 2.24) is 5.32 Å². The van der Waals surface area contributed by atoms with Gasteiger partial charge in [0, 0.05) is 13.1 Å². The minimum atomic E-state index is -3.67. The van der Waals surface area contributed by atoms with Crippen LogP contribution >= 0.6 is 0 Å². The van der Waals surface area contributed by atoms with E-state index < -0.39 is 20.2 Å². The first-order chi connectivity index (χ1) is 11.7. The van der Waals surface area contributed by atoms with Crippen LogP contribution in [0.15, 0.2) is 4.99 Å². The molecule has 0 rings (SSSR count). The summed E-state index contributed by atoms with van der Waals surface area (Å²) >= 11 is 0. The van der Waals surface area contributed by atoms with E-state index in [1.165, 1.54) is 12.8 Å². The highest BCUT2D eigenvalue weighted by Gasteiger charge is 1.94. The zero-order valence-corrected chi connectivity index (χ0v) is 17.8. The van der Waals surface area contributed by atoms with E-state index in [0.717, 1.165) is 38.9 Å². The van der Waals surface area contributed by atoms with Crippen molar-refractivity contribution >= 4 is 26.2 Å². The Morgan fingerprint density at radius 3 is 1.81 bits per heavy atom. The van der Waals surface area contributed by atoms with Crippen molar-refractivity contribution in [2.75, 3.05) is 32.1 Å². The van der Waals surface area contributed by atoms with Gasteiger partial charge in [-0.25, -0.2) is 0 Å². The summed E-state index contributed by atoms with van der Waals surface area (Å²) in [7, 11) is -7.33. The summed E-state index contributed by atoms with van der Waals surface area (Å²) in [5.74, 6) is 1.29. The maximum absolute atomic E-state index is 9.19. The maximum atomic E-state index is 9.19. The fraction of sp³-hybridized carbons (Fsp3) is 0.929. The van der Waals surface area contributed by atoms with E-state index >= 15 is 0 Å². The van der Waals surface area contributed by atoms with Crippen molar-refractivity contribution in [2.45, 2.75) is 46.0 Å². The smallest absolute Gasteiger partial charge is 0.261 e. The van der Waals surface area contributed by atoms with E-state index in [-0.39, 0.29) is 0 Å². The number of aliphatic imine (C=N–C) groups is 1. The lowest BCUT2D eigenvalue weighted by Gasteiger charge is -2.07. The first kappa shape index (κ1) is 29.8. The van der Waals surface area contributed by atoms with Gasteiger partial charge in [0.1, 0.15) is 0 Å². The summed E-state index contributed by atoms with van der Waals surface area (Å²) in [6, 6.07) is 0. The summed E-state index contributed by atoms with van der Waals surface area (Å²) in [4.78, 5) is 4.27. The predicted molar refractivity (Wildman–Crippen MR) is 106 cm³/mol. The largest absolute Gasteiger partial charge is 0.370 e. The standard InChI is InChI=1S/C12H28N4.2CH4O3S/c1-11(2)7-10-16-12(14)15-9-6-4-3-5-8-13;2*1-5(2,3)4/h11H,3-10,13H2,1-2H3,(H3,14,15,16);2*1H3,(H,2,3,4). The molecule has 26 heavy (non-hydrogen) atoms. The summed E-state index contributed by atoms with van der Waals surface area (Å²) in [5, 5.41) is 3.12. The van der Waals surface area contributed by atoms with Crippen LogP contribution in [-0.4, -0.2) is 64.0 Å². The zero-order valence-electron chi connectivity index (χ0n) is 16.2. The van der Waals surface area contributed by atoms with Gasteiger partial charge in [0.15, 0.2) is 5.96 Å². The highest BCUT2D eigenvalue weighted by Crippen LogP contribution is 1.98. The molecule has 10 nitrogen and oxygen atoms in total. The molecule has 0 heterocycles. The van der Waals surface area contributed by atoms with Gasteiger partial charge in [-0.1, -0.05) is 26.7 Å². The quantitative estimate of drug-likeness (QED) is 0.153. The second-order valence-corrected chi connectivity index (χ2v) is 8.98. The van der Waals surface area contributed by atoms with E-state index in [1.807, 2.05) is 0 Å². The Bertz CT molecular complexity index is 502. The minimum Gasteiger partial charge on any atom is -0.370 e. The van der Waals surface area contributed by atoms with Gasteiger partial charge in [-0.05, 0) is 31.7 Å². The molecule has 12 heteroatoms. The van der Waals surface area contributed by atoms with Gasteiger partial charge in [-0.2, -0.15) is 16.8 Å². The van der Waals surface area contributed by atoms with Gasteiger partial charge in [-0.15, -0.1) is 0 Å². The molecule has 0 fully saturated rings. The monoisotopic (exact) mass is 420 g/mol. The number of guanidine groups is 1. The Morgan fingerprint density at radius 1 is 1.00 bits per heavy atom. The van der Waals surface area contributed by atoms with E-state index in [9.17, 15) is 16.8 Å². The molecular weight excluding hydrogens is 384 g/mol. The van der Waals surface area contributed by atoms with Crippen LogP contribution < -0.4 is 16.8 Å². The molecule has 0 bridgehead atoms. The third kappa shape index (κ3) is 65.8. The van der Waals surface area contributed by atoms with E-state index in [2.05, 4.69) is 24.2 Å². The molecule has 160 valence electrons. The normalized spacial score (nSPS) is 11.9. The molecule has 0 aromatic heterocycles. The van der Waals surface area contributed by atoms with E-state index in [4.69, 9.17) is 20.6 Å². The fourth-order valence-corrected chi connectivity index (χ4v) is 1.35. The van der Waals surface area contributed by atoms with Crippen molar-refractivity contribution in [3.05, 3.63) is 0 Å². The van der Waals surface area contributed by atoms with Crippen molar-refractivity contribution < 1.29 is 25.9 Å². The van der Waals surface area contributed by atoms with Gasteiger partial charge in [0.25, 0.3) is 20.2 Å². The van der Waals surface area contributed by atoms with Crippen LogP contribution in [0.4, 0.5) is 0 Å². The lowest BCUT2D eigenvalue weighted by molar-refractivity contribution is 0.488. The lowest BCUT2D eigenvalue weighted by Crippen LogP contribution is -2.33. The van der Waals surface area contributed by atoms with Crippen LogP contribution in [-0.2, 0) is 20.2 Å². The average molecular weight is 421 g/mol. The number of nitrogens with zero attached hydrogens (tertiary/aromatic N) is 1. The summed E-state index contributed by atoms with van der Waals surface area (Å²) in [6.45, 7) is 6.94. The maximum Gasteiger partial charge on any atom is 0.261 e. The van der Waals surface area contributed by atoms with E-state index in [0.29, 0.717) is 24.4 Å². The Morgan fingerprint density at radius 2 is 1.42 bits per heavy atom. The Kier molecular flexibility index (Phi) is 20.0. The fourth-order valence-electron chi connectivity index (χ4n) is 1.35. The molecule has 0 amide bonds. The van der Waals surface area contributed by atoms with Crippen LogP contribution in [0.5, 0.6) is 0 Å². The average Bonchev–Trinajstić information content (AvgIpc) is 2.38.